The normalized spacial score (nSPS) is 26.6. The minimum absolute atomic E-state index is 0.148. The molecule has 1 rings (SSSR count). The van der Waals surface area contributed by atoms with E-state index >= 15 is 0 Å². The Bertz CT molecular complexity index is 255. The lowest BCUT2D eigenvalue weighted by Crippen LogP contribution is -2.43. The monoisotopic (exact) mass is 255 g/mol. The molecule has 0 aromatic rings. The van der Waals surface area contributed by atoms with E-state index in [4.69, 9.17) is 5.11 Å². The molecule has 3 nitrogen and oxygen atoms in total. The van der Waals surface area contributed by atoms with Crippen molar-refractivity contribution in [2.24, 2.45) is 23.7 Å². The van der Waals surface area contributed by atoms with Gasteiger partial charge in [0, 0.05) is 0 Å². The maximum atomic E-state index is 11.1. The molecule has 0 spiro atoms. The van der Waals surface area contributed by atoms with Crippen LogP contribution in [-0.4, -0.2) is 23.7 Å². The number of hydrogen-bond acceptors (Lipinski definition) is 2. The van der Waals surface area contributed by atoms with Crippen LogP contribution in [0.1, 0.15) is 53.4 Å². The number of carboxylic acids is 1. The minimum atomic E-state index is -0.721. The van der Waals surface area contributed by atoms with Crippen LogP contribution in [0, 0.1) is 23.7 Å². The number of hydrogen-bond donors (Lipinski definition) is 2. The van der Waals surface area contributed by atoms with E-state index in [1.807, 2.05) is 13.8 Å². The van der Waals surface area contributed by atoms with Crippen molar-refractivity contribution >= 4 is 5.97 Å². The first kappa shape index (κ1) is 15.5. The Hall–Kier alpha value is -0.570. The van der Waals surface area contributed by atoms with Gasteiger partial charge in [-0.25, -0.2) is 0 Å². The number of carbonyl (C=O) groups is 1. The zero-order valence-electron chi connectivity index (χ0n) is 12.3. The molecule has 1 saturated carbocycles. The molecule has 0 aromatic heterocycles. The predicted molar refractivity (Wildman–Crippen MR) is 74.6 cm³/mol. The fourth-order valence-corrected chi connectivity index (χ4v) is 2.96. The first-order valence-electron chi connectivity index (χ1n) is 7.38. The van der Waals surface area contributed by atoms with Crippen molar-refractivity contribution in [2.45, 2.75) is 59.4 Å². The lowest BCUT2D eigenvalue weighted by molar-refractivity contribution is -0.140. The highest BCUT2D eigenvalue weighted by Crippen LogP contribution is 2.32. The third-order valence-corrected chi connectivity index (χ3v) is 4.39. The van der Waals surface area contributed by atoms with Gasteiger partial charge in [-0.3, -0.25) is 4.79 Å². The average Bonchev–Trinajstić information content (AvgIpc) is 2.28. The predicted octanol–water partition coefficient (Wildman–Crippen LogP) is 3.15. The second-order valence-electron chi connectivity index (χ2n) is 6.49. The molecule has 106 valence electrons. The molecule has 1 fully saturated rings. The molecule has 2 N–H and O–H groups in total. The molecular weight excluding hydrogens is 226 g/mol. The highest BCUT2D eigenvalue weighted by Gasteiger charge is 2.26. The topological polar surface area (TPSA) is 49.3 Å². The molecule has 1 atom stereocenters. The summed E-state index contributed by atoms with van der Waals surface area (Å²) in [5.74, 6) is 1.76. The Kier molecular flexibility index (Phi) is 6.13. The molecule has 1 aliphatic rings. The van der Waals surface area contributed by atoms with Gasteiger partial charge >= 0.3 is 5.97 Å². The van der Waals surface area contributed by atoms with E-state index in [-0.39, 0.29) is 5.92 Å². The van der Waals surface area contributed by atoms with E-state index in [1.165, 1.54) is 25.7 Å². The van der Waals surface area contributed by atoms with Crippen molar-refractivity contribution in [3.8, 4) is 0 Å². The van der Waals surface area contributed by atoms with Crippen molar-refractivity contribution < 1.29 is 9.90 Å². The van der Waals surface area contributed by atoms with Gasteiger partial charge in [0.1, 0.15) is 6.04 Å². The summed E-state index contributed by atoms with van der Waals surface area (Å²) in [6.07, 6.45) is 5.12. The summed E-state index contributed by atoms with van der Waals surface area (Å²) in [6.45, 7) is 9.40. The standard InChI is InChI=1S/C15H29NO2/c1-10(2)13-7-5-12(6-8-13)9-16-14(11(3)4)15(17)18/h10-14,16H,5-9H2,1-4H3,(H,17,18)/t12?,13?,14-/m0/s1. The van der Waals surface area contributed by atoms with Crippen LogP contribution in [0.15, 0.2) is 0 Å². The lowest BCUT2D eigenvalue weighted by atomic mass is 9.77. The maximum absolute atomic E-state index is 11.1. The largest absolute Gasteiger partial charge is 0.480 e. The quantitative estimate of drug-likeness (QED) is 0.766. The smallest absolute Gasteiger partial charge is 0.320 e. The molecule has 0 aliphatic heterocycles. The van der Waals surface area contributed by atoms with Crippen LogP contribution in [0.2, 0.25) is 0 Å². The Morgan fingerprint density at radius 1 is 1.17 bits per heavy atom. The second-order valence-corrected chi connectivity index (χ2v) is 6.49. The van der Waals surface area contributed by atoms with Crippen LogP contribution in [-0.2, 0) is 4.79 Å². The van der Waals surface area contributed by atoms with Crippen LogP contribution in [0.3, 0.4) is 0 Å². The fraction of sp³-hybridized carbons (Fsp3) is 0.933. The van der Waals surface area contributed by atoms with E-state index in [0.29, 0.717) is 5.92 Å². The minimum Gasteiger partial charge on any atom is -0.480 e. The molecule has 0 heterocycles. The van der Waals surface area contributed by atoms with Crippen molar-refractivity contribution in [3.63, 3.8) is 0 Å². The Morgan fingerprint density at radius 2 is 1.72 bits per heavy atom. The number of nitrogens with one attached hydrogen (secondary N) is 1. The number of aliphatic carboxylic acids is 1. The average molecular weight is 255 g/mol. The molecule has 3 heteroatoms. The molecule has 0 aromatic carbocycles. The van der Waals surface area contributed by atoms with Crippen LogP contribution < -0.4 is 5.32 Å². The van der Waals surface area contributed by atoms with Crippen LogP contribution in [0.5, 0.6) is 0 Å². The van der Waals surface area contributed by atoms with Crippen LogP contribution in [0.4, 0.5) is 0 Å². The van der Waals surface area contributed by atoms with Gasteiger partial charge in [-0.05, 0) is 55.9 Å². The molecule has 1 aliphatic carbocycles. The van der Waals surface area contributed by atoms with E-state index in [2.05, 4.69) is 19.2 Å². The summed E-state index contributed by atoms with van der Waals surface area (Å²) in [6, 6.07) is -0.396. The summed E-state index contributed by atoms with van der Waals surface area (Å²) >= 11 is 0. The van der Waals surface area contributed by atoms with Gasteiger partial charge < -0.3 is 10.4 Å². The highest BCUT2D eigenvalue weighted by atomic mass is 16.4. The van der Waals surface area contributed by atoms with Crippen LogP contribution >= 0.6 is 0 Å². The maximum Gasteiger partial charge on any atom is 0.320 e. The lowest BCUT2D eigenvalue weighted by Gasteiger charge is -2.32. The molecule has 0 amide bonds. The molecular formula is C15H29NO2. The summed E-state index contributed by atoms with van der Waals surface area (Å²) < 4.78 is 0. The summed E-state index contributed by atoms with van der Waals surface area (Å²) in [7, 11) is 0. The summed E-state index contributed by atoms with van der Waals surface area (Å²) in [5, 5.41) is 12.4. The van der Waals surface area contributed by atoms with Gasteiger partial charge in [0.15, 0.2) is 0 Å². The van der Waals surface area contributed by atoms with Crippen molar-refractivity contribution in [2.75, 3.05) is 6.54 Å². The molecule has 18 heavy (non-hydrogen) atoms. The van der Waals surface area contributed by atoms with E-state index in [1.54, 1.807) is 0 Å². The number of rotatable bonds is 6. The van der Waals surface area contributed by atoms with E-state index in [0.717, 1.165) is 18.4 Å². The molecule has 0 saturated heterocycles. The molecule has 0 radical (unpaired) electrons. The third kappa shape index (κ3) is 4.60. The van der Waals surface area contributed by atoms with E-state index < -0.39 is 12.0 Å². The summed E-state index contributed by atoms with van der Waals surface area (Å²) in [5.41, 5.74) is 0. The number of carboxylic acid groups (broad SMARTS) is 1. The van der Waals surface area contributed by atoms with Crippen molar-refractivity contribution in [3.05, 3.63) is 0 Å². The van der Waals surface area contributed by atoms with Gasteiger partial charge in [0.05, 0.1) is 0 Å². The Labute approximate surface area is 111 Å². The third-order valence-electron chi connectivity index (χ3n) is 4.39. The Morgan fingerprint density at radius 3 is 2.11 bits per heavy atom. The second kappa shape index (κ2) is 7.13. The van der Waals surface area contributed by atoms with Gasteiger partial charge in [-0.2, -0.15) is 0 Å². The van der Waals surface area contributed by atoms with Gasteiger partial charge in [-0.15, -0.1) is 0 Å². The first-order valence-corrected chi connectivity index (χ1v) is 7.38. The van der Waals surface area contributed by atoms with Crippen molar-refractivity contribution in [1.29, 1.82) is 0 Å². The Balaban J connectivity index is 2.31. The van der Waals surface area contributed by atoms with E-state index in [9.17, 15) is 4.79 Å². The van der Waals surface area contributed by atoms with Gasteiger partial charge in [0.2, 0.25) is 0 Å². The fourth-order valence-electron chi connectivity index (χ4n) is 2.96. The molecule has 0 unspecified atom stereocenters. The van der Waals surface area contributed by atoms with Crippen LogP contribution in [0.25, 0.3) is 0 Å². The van der Waals surface area contributed by atoms with Gasteiger partial charge in [0.25, 0.3) is 0 Å². The first-order chi connectivity index (χ1) is 8.41. The molecule has 0 bridgehead atoms. The zero-order chi connectivity index (χ0) is 13.7. The zero-order valence-corrected chi connectivity index (χ0v) is 12.3. The summed E-state index contributed by atoms with van der Waals surface area (Å²) in [4.78, 5) is 11.1. The highest BCUT2D eigenvalue weighted by molar-refractivity contribution is 5.73. The van der Waals surface area contributed by atoms with Crippen molar-refractivity contribution in [1.82, 2.24) is 5.32 Å². The SMILES string of the molecule is CC(C)C1CCC(CN[C@H](C(=O)O)C(C)C)CC1. The van der Waals surface area contributed by atoms with Gasteiger partial charge in [-0.1, -0.05) is 27.7 Å².